The number of anilines is 1. The predicted molar refractivity (Wildman–Crippen MR) is 112 cm³/mol. The number of halogens is 1. The molecule has 1 amide bonds. The van der Waals surface area contributed by atoms with Gasteiger partial charge >= 0.3 is 0 Å². The van der Waals surface area contributed by atoms with Crippen molar-refractivity contribution in [2.45, 2.75) is 17.7 Å². The highest BCUT2D eigenvalue weighted by atomic mass is 35.5. The molecule has 0 aromatic heterocycles. The van der Waals surface area contributed by atoms with E-state index in [9.17, 15) is 13.2 Å². The molecule has 3 aromatic rings. The predicted octanol–water partition coefficient (Wildman–Crippen LogP) is 4.73. The lowest BCUT2D eigenvalue weighted by Crippen LogP contribution is -2.18. The van der Waals surface area contributed by atoms with Crippen molar-refractivity contribution in [3.8, 4) is 0 Å². The van der Waals surface area contributed by atoms with Crippen molar-refractivity contribution < 1.29 is 13.2 Å². The Morgan fingerprint density at radius 3 is 2.25 bits per heavy atom. The van der Waals surface area contributed by atoms with Gasteiger partial charge in [-0.05, 0) is 35.7 Å². The number of para-hydroxylation sites is 1. The molecule has 0 aliphatic heterocycles. The van der Waals surface area contributed by atoms with Gasteiger partial charge in [0.2, 0.25) is 5.91 Å². The van der Waals surface area contributed by atoms with Crippen LogP contribution in [0.1, 0.15) is 17.5 Å². The summed E-state index contributed by atoms with van der Waals surface area (Å²) in [5.41, 5.74) is 2.79. The van der Waals surface area contributed by atoms with Gasteiger partial charge in [-0.1, -0.05) is 72.3 Å². The van der Waals surface area contributed by atoms with Crippen molar-refractivity contribution in [1.82, 2.24) is 0 Å². The molecule has 4 nitrogen and oxygen atoms in total. The minimum Gasteiger partial charge on any atom is -0.326 e. The van der Waals surface area contributed by atoms with E-state index >= 15 is 0 Å². The minimum absolute atomic E-state index is 0.0499. The molecule has 3 aromatic carbocycles. The topological polar surface area (TPSA) is 63.2 Å². The zero-order valence-corrected chi connectivity index (χ0v) is 16.7. The summed E-state index contributed by atoms with van der Waals surface area (Å²) < 4.78 is 24.9. The number of rotatable bonds is 7. The number of amides is 1. The Labute approximate surface area is 170 Å². The van der Waals surface area contributed by atoms with E-state index in [2.05, 4.69) is 5.32 Å². The molecule has 0 aliphatic rings. The van der Waals surface area contributed by atoms with Gasteiger partial charge in [0, 0.05) is 12.1 Å². The Morgan fingerprint density at radius 2 is 1.50 bits per heavy atom. The first-order valence-electron chi connectivity index (χ1n) is 8.85. The van der Waals surface area contributed by atoms with Crippen LogP contribution in [0, 0.1) is 0 Å². The third-order valence-electron chi connectivity index (χ3n) is 4.30. The molecule has 0 saturated heterocycles. The summed E-state index contributed by atoms with van der Waals surface area (Å²) in [6.07, 6.45) is 0.530. The lowest BCUT2D eigenvalue weighted by molar-refractivity contribution is -0.115. The van der Waals surface area contributed by atoms with E-state index in [0.29, 0.717) is 12.1 Å². The van der Waals surface area contributed by atoms with Crippen LogP contribution >= 0.6 is 11.6 Å². The Bertz CT molecular complexity index is 1070. The summed E-state index contributed by atoms with van der Waals surface area (Å²) >= 11 is 5.97. The third kappa shape index (κ3) is 5.21. The van der Waals surface area contributed by atoms with Crippen LogP contribution in [-0.2, 0) is 21.1 Å². The van der Waals surface area contributed by atoms with Crippen molar-refractivity contribution in [1.29, 1.82) is 0 Å². The summed E-state index contributed by atoms with van der Waals surface area (Å²) in [5.74, 6) is -0.653. The van der Waals surface area contributed by atoms with E-state index in [1.54, 1.807) is 12.1 Å². The average molecular weight is 414 g/mol. The number of hydrogen-bond acceptors (Lipinski definition) is 3. The molecule has 1 N–H and O–H groups in total. The molecule has 3 rings (SSSR count). The van der Waals surface area contributed by atoms with Gasteiger partial charge in [-0.15, -0.1) is 0 Å². The molecular weight excluding hydrogens is 394 g/mol. The van der Waals surface area contributed by atoms with Gasteiger partial charge in [0.1, 0.15) is 0 Å². The van der Waals surface area contributed by atoms with E-state index < -0.39 is 9.84 Å². The highest BCUT2D eigenvalue weighted by molar-refractivity contribution is 7.91. The van der Waals surface area contributed by atoms with Crippen molar-refractivity contribution in [3.05, 3.63) is 95.0 Å². The second kappa shape index (κ2) is 9.04. The summed E-state index contributed by atoms with van der Waals surface area (Å²) in [5, 5.41) is 3.00. The van der Waals surface area contributed by atoms with E-state index in [0.717, 1.165) is 11.1 Å². The normalized spacial score (nSPS) is 11.2. The van der Waals surface area contributed by atoms with E-state index in [1.807, 2.05) is 54.6 Å². The van der Waals surface area contributed by atoms with E-state index in [-0.39, 0.29) is 28.0 Å². The fourth-order valence-corrected chi connectivity index (χ4v) is 4.67. The molecule has 0 aliphatic carbocycles. The molecule has 144 valence electrons. The minimum atomic E-state index is -3.63. The zero-order valence-electron chi connectivity index (χ0n) is 15.1. The van der Waals surface area contributed by atoms with Crippen LogP contribution < -0.4 is 5.32 Å². The van der Waals surface area contributed by atoms with Gasteiger partial charge in [-0.25, -0.2) is 8.42 Å². The molecular formula is C22H20ClNO3S. The second-order valence-electron chi connectivity index (χ2n) is 6.37. The Kier molecular flexibility index (Phi) is 6.49. The van der Waals surface area contributed by atoms with Crippen molar-refractivity contribution in [3.63, 3.8) is 0 Å². The first kappa shape index (κ1) is 20.1. The number of sulfone groups is 1. The summed E-state index contributed by atoms with van der Waals surface area (Å²) in [7, 11) is -3.63. The highest BCUT2D eigenvalue weighted by Crippen LogP contribution is 2.23. The molecule has 0 fully saturated rings. The van der Waals surface area contributed by atoms with Gasteiger partial charge < -0.3 is 5.32 Å². The standard InChI is InChI=1S/C22H20ClNO3S/c23-19-11-5-7-13-21(19)28(26,27)15-14-22(25)24-20-12-6-4-10-18(20)16-17-8-2-1-3-9-17/h1-13H,14-16H2,(H,24,25). The van der Waals surface area contributed by atoms with Crippen LogP contribution in [0.25, 0.3) is 0 Å². The largest absolute Gasteiger partial charge is 0.326 e. The van der Waals surface area contributed by atoms with Crippen LogP contribution in [0.5, 0.6) is 0 Å². The van der Waals surface area contributed by atoms with Crippen molar-refractivity contribution >= 4 is 33.0 Å². The fourth-order valence-electron chi connectivity index (χ4n) is 2.86. The highest BCUT2D eigenvalue weighted by Gasteiger charge is 2.19. The summed E-state index contributed by atoms with van der Waals surface area (Å²) in [4.78, 5) is 12.4. The third-order valence-corrected chi connectivity index (χ3v) is 6.51. The van der Waals surface area contributed by atoms with Gasteiger partial charge in [-0.2, -0.15) is 0 Å². The van der Waals surface area contributed by atoms with Crippen LogP contribution in [0.4, 0.5) is 5.69 Å². The van der Waals surface area contributed by atoms with Crippen molar-refractivity contribution in [2.75, 3.05) is 11.1 Å². The SMILES string of the molecule is O=C(CCS(=O)(=O)c1ccccc1Cl)Nc1ccccc1Cc1ccccc1. The number of hydrogen-bond donors (Lipinski definition) is 1. The Balaban J connectivity index is 1.66. The van der Waals surface area contributed by atoms with Gasteiger partial charge in [0.05, 0.1) is 15.7 Å². The molecule has 28 heavy (non-hydrogen) atoms. The number of carbonyl (C=O) groups is 1. The van der Waals surface area contributed by atoms with Gasteiger partial charge in [0.15, 0.2) is 9.84 Å². The van der Waals surface area contributed by atoms with Crippen molar-refractivity contribution in [2.24, 2.45) is 0 Å². The first-order chi connectivity index (χ1) is 13.5. The van der Waals surface area contributed by atoms with Gasteiger partial charge in [-0.3, -0.25) is 4.79 Å². The summed E-state index contributed by atoms with van der Waals surface area (Å²) in [6.45, 7) is 0. The van der Waals surface area contributed by atoms with Gasteiger partial charge in [0.25, 0.3) is 0 Å². The molecule has 0 unspecified atom stereocenters. The average Bonchev–Trinajstić information content (AvgIpc) is 2.69. The monoisotopic (exact) mass is 413 g/mol. The Hall–Kier alpha value is -2.63. The first-order valence-corrected chi connectivity index (χ1v) is 10.9. The molecule has 0 radical (unpaired) electrons. The number of benzene rings is 3. The quantitative estimate of drug-likeness (QED) is 0.608. The van der Waals surface area contributed by atoms with Crippen LogP contribution in [0.2, 0.25) is 5.02 Å². The molecule has 0 atom stereocenters. The number of carbonyl (C=O) groups excluding carboxylic acids is 1. The fraction of sp³-hybridized carbons (Fsp3) is 0.136. The van der Waals surface area contributed by atoms with Crippen LogP contribution in [-0.4, -0.2) is 20.1 Å². The maximum atomic E-state index is 12.5. The molecule has 0 bridgehead atoms. The molecule has 0 heterocycles. The van der Waals surface area contributed by atoms with E-state index in [4.69, 9.17) is 11.6 Å². The maximum absolute atomic E-state index is 12.5. The lowest BCUT2D eigenvalue weighted by atomic mass is 10.0. The maximum Gasteiger partial charge on any atom is 0.225 e. The zero-order chi connectivity index (χ0) is 20.0. The lowest BCUT2D eigenvalue weighted by Gasteiger charge is -2.12. The van der Waals surface area contributed by atoms with E-state index in [1.165, 1.54) is 12.1 Å². The molecule has 0 saturated carbocycles. The van der Waals surface area contributed by atoms with Crippen LogP contribution in [0.15, 0.2) is 83.8 Å². The Morgan fingerprint density at radius 1 is 0.857 bits per heavy atom. The van der Waals surface area contributed by atoms with Crippen LogP contribution in [0.3, 0.4) is 0 Å². The number of nitrogens with one attached hydrogen (secondary N) is 1. The smallest absolute Gasteiger partial charge is 0.225 e. The molecule has 6 heteroatoms. The molecule has 0 spiro atoms. The second-order valence-corrected chi connectivity index (χ2v) is 8.85. The summed E-state index contributed by atoms with van der Waals surface area (Å²) in [6, 6.07) is 23.7.